The van der Waals surface area contributed by atoms with Crippen molar-refractivity contribution in [1.82, 2.24) is 4.98 Å². The van der Waals surface area contributed by atoms with Crippen LogP contribution >= 0.6 is 0 Å². The van der Waals surface area contributed by atoms with Crippen molar-refractivity contribution in [1.29, 1.82) is 0 Å². The van der Waals surface area contributed by atoms with Gasteiger partial charge in [0.1, 0.15) is 11.9 Å². The minimum absolute atomic E-state index is 0.281. The van der Waals surface area contributed by atoms with Gasteiger partial charge in [-0.15, -0.1) is 0 Å². The third-order valence-electron chi connectivity index (χ3n) is 11.8. The summed E-state index contributed by atoms with van der Waals surface area (Å²) in [7, 11) is 0. The van der Waals surface area contributed by atoms with Crippen LogP contribution in [-0.4, -0.2) is 17.1 Å². The lowest BCUT2D eigenvalue weighted by atomic mass is 9.12. The highest BCUT2D eigenvalue weighted by Gasteiger charge is 2.47. The molecule has 80 heavy (non-hydrogen) atoms. The molecule has 0 fully saturated rings. The minimum atomic E-state index is -6.13. The lowest BCUT2D eigenvalue weighted by Gasteiger charge is -2.46. The largest absolute Gasteiger partial charge is 0.422 e. The van der Waals surface area contributed by atoms with Gasteiger partial charge in [-0.1, -0.05) is 96.6 Å². The number of halogens is 24. The first-order valence-corrected chi connectivity index (χ1v) is 22.0. The quantitative estimate of drug-likeness (QED) is 0.0501. The normalized spacial score (nSPS) is 13.2. The number of alkyl halides is 24. The van der Waals surface area contributed by atoms with Crippen LogP contribution in [0.5, 0.6) is 5.75 Å². The van der Waals surface area contributed by atoms with Crippen molar-refractivity contribution < 1.29 is 119 Å². The molecule has 0 spiro atoms. The summed E-state index contributed by atoms with van der Waals surface area (Å²) in [6, 6.07) is 8.57. The topological polar surface area (TPSA) is 43.1 Å². The molecule has 0 atom stereocenters. The summed E-state index contributed by atoms with van der Waals surface area (Å²) in [4.78, 5) is 16.3. The maximum absolute atomic E-state index is 14.2. The molecule has 426 valence electrons. The zero-order valence-corrected chi connectivity index (χ0v) is 39.4. The maximum Gasteiger partial charge on any atom is 0.416 e. The third-order valence-corrected chi connectivity index (χ3v) is 11.8. The molecule has 0 saturated heterocycles. The fourth-order valence-electron chi connectivity index (χ4n) is 8.27. The fraction of sp³-hybridized carbons (Fsp3) is 0.196. The summed E-state index contributed by atoms with van der Waals surface area (Å²) in [6.45, 7) is 2.66. The second-order valence-corrected chi connectivity index (χ2v) is 17.5. The van der Waals surface area contributed by atoms with Gasteiger partial charge in [-0.25, -0.2) is 9.78 Å². The Balaban J connectivity index is 0.000000370. The van der Waals surface area contributed by atoms with Gasteiger partial charge >= 0.3 is 55.4 Å². The van der Waals surface area contributed by atoms with E-state index in [1.54, 1.807) is 24.5 Å². The van der Waals surface area contributed by atoms with E-state index in [1.165, 1.54) is 0 Å². The molecule has 0 radical (unpaired) electrons. The number of rotatable bonds is 8. The Morgan fingerprint density at radius 1 is 0.425 bits per heavy atom. The van der Waals surface area contributed by atoms with Crippen LogP contribution in [0.3, 0.4) is 0 Å². The van der Waals surface area contributed by atoms with Gasteiger partial charge in [0.2, 0.25) is 11.9 Å². The number of benzene rings is 6. The standard InChI is InChI=1S/C32H12BF24.C19H17N2O2/c34-25(35,36)13-1-14(26(37,38)39)6-21(5-13)33(22-7-15(27(40,41)42)2-16(8-22)28(43,44)45,23-9-17(29(46,47)48)3-18(10-23)30(49,50)51)24-11-19(31(52,53)54)4-20(12-24)32(55,56)57;1-15-7-9-17(10-8-15)23-19(22)18-14-21(12-11-20-18)13-16-5-3-2-4-6-16/h1-12H;2-12,14H,13H2,1H3/q-1;+1. The molecular weight excluding hydrogens is 1140 g/mol. The molecule has 4 nitrogen and oxygen atoms in total. The van der Waals surface area contributed by atoms with Crippen LogP contribution in [0.25, 0.3) is 0 Å². The summed E-state index contributed by atoms with van der Waals surface area (Å²) in [5, 5.41) is 0. The molecule has 0 N–H and O–H groups in total. The molecule has 0 unspecified atom stereocenters. The Morgan fingerprint density at radius 3 is 0.988 bits per heavy atom. The second-order valence-electron chi connectivity index (χ2n) is 17.5. The summed E-state index contributed by atoms with van der Waals surface area (Å²) in [6.07, 6.45) is -49.7. The van der Waals surface area contributed by atoms with Gasteiger partial charge in [-0.2, -0.15) is 132 Å². The summed E-state index contributed by atoms with van der Waals surface area (Å²) >= 11 is 0. The van der Waals surface area contributed by atoms with Crippen LogP contribution in [0.15, 0.2) is 146 Å². The predicted molar refractivity (Wildman–Crippen MR) is 236 cm³/mol. The van der Waals surface area contributed by atoms with Crippen LogP contribution in [0.2, 0.25) is 0 Å². The molecule has 0 aliphatic rings. The van der Waals surface area contributed by atoms with Gasteiger partial charge in [0.05, 0.1) is 50.7 Å². The Morgan fingerprint density at radius 2 is 0.713 bits per heavy atom. The van der Waals surface area contributed by atoms with E-state index in [0.717, 1.165) is 11.1 Å². The Bertz CT molecular complexity index is 2920. The lowest BCUT2D eigenvalue weighted by molar-refractivity contribution is -0.689. The highest BCUT2D eigenvalue weighted by molar-refractivity contribution is 7.20. The molecule has 0 amide bonds. The van der Waals surface area contributed by atoms with Crippen LogP contribution in [0.4, 0.5) is 105 Å². The summed E-state index contributed by atoms with van der Waals surface area (Å²) < 4.78 is 348. The van der Waals surface area contributed by atoms with Crippen molar-refractivity contribution in [3.05, 3.63) is 207 Å². The van der Waals surface area contributed by atoms with E-state index in [0.29, 0.717) is 12.3 Å². The Labute approximate surface area is 433 Å². The Hall–Kier alpha value is -7.75. The van der Waals surface area contributed by atoms with Gasteiger partial charge in [0, 0.05) is 5.56 Å². The predicted octanol–water partition coefficient (Wildman–Crippen LogP) is 14.2. The first-order chi connectivity index (χ1) is 36.5. The molecule has 7 aromatic rings. The lowest BCUT2D eigenvalue weighted by Crippen LogP contribution is -2.75. The number of carbonyl (C=O) groups excluding carboxylic acids is 1. The average molecular weight is 1170 g/mol. The number of hydrogen-bond acceptors (Lipinski definition) is 3. The number of esters is 1. The molecule has 7 rings (SSSR count). The SMILES string of the molecule is Cc1ccc(OC(=O)c2c[n+](Cc3ccccc3)ccn2)cc1.FC(F)(F)c1cc([B-](c2cc(C(F)(F)F)cc(C(F)(F)F)c2)(c2cc(C(F)(F)F)cc(C(F)(F)F)c2)c2cc(C(F)(F)F)cc(C(F)(F)F)c2)cc(C(F)(F)F)c1. The van der Waals surface area contributed by atoms with Crippen molar-refractivity contribution in [2.75, 3.05) is 0 Å². The van der Waals surface area contributed by atoms with E-state index in [-0.39, 0.29) is 5.69 Å². The van der Waals surface area contributed by atoms with E-state index >= 15 is 0 Å². The summed E-state index contributed by atoms with van der Waals surface area (Å²) in [5.41, 5.74) is -27.7. The van der Waals surface area contributed by atoms with Gasteiger partial charge in [-0.3, -0.25) is 0 Å². The number of hydrogen-bond donors (Lipinski definition) is 0. The number of aryl methyl sites for hydroxylation is 1. The molecule has 1 heterocycles. The molecule has 6 aromatic carbocycles. The van der Waals surface area contributed by atoms with Crippen molar-refractivity contribution in [3.63, 3.8) is 0 Å². The number of carbonyl (C=O) groups is 1. The first-order valence-electron chi connectivity index (χ1n) is 22.0. The fourth-order valence-corrected chi connectivity index (χ4v) is 8.27. The molecule has 0 aliphatic carbocycles. The number of nitrogens with zero attached hydrogens (tertiary/aromatic N) is 2. The summed E-state index contributed by atoms with van der Waals surface area (Å²) in [5.74, 6) is 0.0529. The van der Waals surface area contributed by atoms with Gasteiger partial charge in [0.25, 0.3) is 0 Å². The molecule has 0 saturated carbocycles. The van der Waals surface area contributed by atoms with E-state index in [1.807, 2.05) is 60.2 Å². The van der Waals surface area contributed by atoms with Crippen LogP contribution in [-0.2, 0) is 56.0 Å². The van der Waals surface area contributed by atoms with Gasteiger partial charge in [0.15, 0.2) is 12.7 Å². The maximum atomic E-state index is 14.2. The zero-order chi connectivity index (χ0) is 60.0. The zero-order valence-electron chi connectivity index (χ0n) is 39.4. The number of aromatic nitrogens is 2. The van der Waals surface area contributed by atoms with Gasteiger partial charge < -0.3 is 4.74 Å². The third kappa shape index (κ3) is 14.5. The van der Waals surface area contributed by atoms with E-state index in [9.17, 15) is 110 Å². The van der Waals surface area contributed by atoms with Crippen molar-refractivity contribution in [2.24, 2.45) is 0 Å². The van der Waals surface area contributed by atoms with E-state index in [4.69, 9.17) is 4.74 Å². The van der Waals surface area contributed by atoms with Crippen molar-refractivity contribution >= 4 is 34.0 Å². The minimum Gasteiger partial charge on any atom is -0.422 e. The molecule has 0 bridgehead atoms. The van der Waals surface area contributed by atoms with E-state index < -0.39 is 201 Å². The smallest absolute Gasteiger partial charge is 0.416 e. The second kappa shape index (κ2) is 21.7. The number of ether oxygens (including phenoxy) is 1. The highest BCUT2D eigenvalue weighted by Crippen LogP contribution is 2.41. The molecular formula is C51H29BF24N2O2. The average Bonchev–Trinajstić information content (AvgIpc) is 3.33. The van der Waals surface area contributed by atoms with Crippen LogP contribution in [0.1, 0.15) is 66.1 Å². The molecule has 29 heteroatoms. The first kappa shape index (κ1) is 61.5. The molecule has 1 aromatic heterocycles. The van der Waals surface area contributed by atoms with Crippen molar-refractivity contribution in [2.45, 2.75) is 62.9 Å². The van der Waals surface area contributed by atoms with Crippen LogP contribution < -0.4 is 31.2 Å². The van der Waals surface area contributed by atoms with E-state index in [2.05, 4.69) is 4.98 Å². The molecule has 0 aliphatic heterocycles. The highest BCUT2D eigenvalue weighted by atomic mass is 19.4. The Kier molecular flexibility index (Phi) is 16.7. The monoisotopic (exact) mass is 1170 g/mol. The van der Waals surface area contributed by atoms with Crippen LogP contribution in [0, 0.1) is 6.92 Å². The van der Waals surface area contributed by atoms with Gasteiger partial charge in [-0.05, 0) is 43.3 Å². The van der Waals surface area contributed by atoms with Crippen molar-refractivity contribution in [3.8, 4) is 5.75 Å².